The van der Waals surface area contributed by atoms with Crippen LogP contribution in [0.25, 0.3) is 0 Å². The predicted molar refractivity (Wildman–Crippen MR) is 86.4 cm³/mol. The second kappa shape index (κ2) is 6.49. The topological polar surface area (TPSA) is 12.0 Å². The number of hydrogen-bond donors (Lipinski definition) is 1. The summed E-state index contributed by atoms with van der Waals surface area (Å²) in [7, 11) is 0. The summed E-state index contributed by atoms with van der Waals surface area (Å²) in [5, 5.41) is 4.84. The maximum atomic E-state index is 6.29. The Hall–Kier alpha value is -0.530. The van der Waals surface area contributed by atoms with Crippen LogP contribution in [0.2, 0.25) is 5.02 Å². The molecule has 0 spiro atoms. The Morgan fingerprint density at radius 1 is 1.10 bits per heavy atom. The van der Waals surface area contributed by atoms with Gasteiger partial charge in [0.2, 0.25) is 0 Å². The first-order valence-corrected chi connectivity index (χ1v) is 8.64. The minimum atomic E-state index is 0.673. The molecule has 3 rings (SSSR count). The van der Waals surface area contributed by atoms with Crippen LogP contribution in [0.4, 0.5) is 0 Å². The van der Waals surface area contributed by atoms with E-state index >= 15 is 0 Å². The molecular formula is C18H26ClN. The minimum absolute atomic E-state index is 0.673. The van der Waals surface area contributed by atoms with Gasteiger partial charge in [-0.25, -0.2) is 0 Å². The summed E-state index contributed by atoms with van der Waals surface area (Å²) in [6.07, 6.45) is 9.51. The van der Waals surface area contributed by atoms with E-state index in [1.165, 1.54) is 50.5 Å². The molecule has 1 nitrogen and oxygen atoms in total. The quantitative estimate of drug-likeness (QED) is 0.809. The number of nitrogens with one attached hydrogen (secondary N) is 1. The standard InChI is InChI=1S/C18H26ClN/c1-2-13-6-5-7-15(10-13)20-16-11-14(12-16)17-8-3-4-9-18(17)19/h3-4,8-9,13-16,20H,2,5-7,10-12H2,1H3. The largest absolute Gasteiger partial charge is 0.311 e. The zero-order chi connectivity index (χ0) is 13.9. The van der Waals surface area contributed by atoms with Gasteiger partial charge in [0.25, 0.3) is 0 Å². The summed E-state index contributed by atoms with van der Waals surface area (Å²) in [6, 6.07) is 9.83. The van der Waals surface area contributed by atoms with Gasteiger partial charge in [0.05, 0.1) is 0 Å². The van der Waals surface area contributed by atoms with Crippen molar-refractivity contribution >= 4 is 11.6 Å². The molecule has 110 valence electrons. The van der Waals surface area contributed by atoms with E-state index in [-0.39, 0.29) is 0 Å². The zero-order valence-corrected chi connectivity index (χ0v) is 13.2. The molecule has 0 aliphatic heterocycles. The van der Waals surface area contributed by atoms with Crippen LogP contribution in [0.15, 0.2) is 24.3 Å². The normalized spacial score (nSPS) is 33.7. The van der Waals surface area contributed by atoms with Crippen LogP contribution in [-0.4, -0.2) is 12.1 Å². The Morgan fingerprint density at radius 3 is 2.65 bits per heavy atom. The monoisotopic (exact) mass is 291 g/mol. The molecule has 0 amide bonds. The Bertz CT molecular complexity index is 439. The van der Waals surface area contributed by atoms with Crippen molar-refractivity contribution in [3.63, 3.8) is 0 Å². The van der Waals surface area contributed by atoms with Gasteiger partial charge in [-0.15, -0.1) is 0 Å². The molecule has 0 heterocycles. The fraction of sp³-hybridized carbons (Fsp3) is 0.667. The van der Waals surface area contributed by atoms with Gasteiger partial charge in [-0.05, 0) is 49.1 Å². The van der Waals surface area contributed by atoms with Crippen LogP contribution >= 0.6 is 11.6 Å². The molecule has 2 atom stereocenters. The molecule has 2 fully saturated rings. The van der Waals surface area contributed by atoms with Crippen LogP contribution < -0.4 is 5.32 Å². The van der Waals surface area contributed by atoms with Crippen molar-refractivity contribution in [3.05, 3.63) is 34.9 Å². The molecule has 2 aliphatic carbocycles. The highest BCUT2D eigenvalue weighted by Crippen LogP contribution is 2.40. The molecule has 1 N–H and O–H groups in total. The second-order valence-electron chi connectivity index (χ2n) is 6.69. The van der Waals surface area contributed by atoms with Gasteiger partial charge in [-0.3, -0.25) is 0 Å². The fourth-order valence-electron chi connectivity index (χ4n) is 3.96. The van der Waals surface area contributed by atoms with Gasteiger partial charge in [0.15, 0.2) is 0 Å². The van der Waals surface area contributed by atoms with E-state index < -0.39 is 0 Å². The Morgan fingerprint density at radius 2 is 1.90 bits per heavy atom. The third-order valence-electron chi connectivity index (χ3n) is 5.31. The SMILES string of the molecule is CCC1CCCC(NC2CC(c3ccccc3Cl)C2)C1. The third kappa shape index (κ3) is 3.20. The first kappa shape index (κ1) is 14.4. The number of halogens is 1. The first-order valence-electron chi connectivity index (χ1n) is 8.26. The van der Waals surface area contributed by atoms with Gasteiger partial charge in [0.1, 0.15) is 0 Å². The fourth-order valence-corrected chi connectivity index (χ4v) is 4.25. The molecule has 1 aromatic carbocycles. The van der Waals surface area contributed by atoms with Crippen molar-refractivity contribution in [3.8, 4) is 0 Å². The van der Waals surface area contributed by atoms with Gasteiger partial charge < -0.3 is 5.32 Å². The molecule has 0 saturated heterocycles. The Balaban J connectivity index is 1.48. The maximum absolute atomic E-state index is 6.29. The van der Waals surface area contributed by atoms with Crippen molar-refractivity contribution in [1.29, 1.82) is 0 Å². The maximum Gasteiger partial charge on any atom is 0.0440 e. The van der Waals surface area contributed by atoms with E-state index in [4.69, 9.17) is 11.6 Å². The number of hydrogen-bond acceptors (Lipinski definition) is 1. The molecule has 1 aromatic rings. The van der Waals surface area contributed by atoms with Gasteiger partial charge in [-0.1, -0.05) is 56.0 Å². The lowest BCUT2D eigenvalue weighted by atomic mass is 9.74. The summed E-state index contributed by atoms with van der Waals surface area (Å²) < 4.78 is 0. The van der Waals surface area contributed by atoms with Crippen molar-refractivity contribution in [2.75, 3.05) is 0 Å². The first-order chi connectivity index (χ1) is 9.76. The highest BCUT2D eigenvalue weighted by atomic mass is 35.5. The second-order valence-corrected chi connectivity index (χ2v) is 7.10. The lowest BCUT2D eigenvalue weighted by Crippen LogP contribution is -2.47. The lowest BCUT2D eigenvalue weighted by molar-refractivity contribution is 0.209. The van der Waals surface area contributed by atoms with E-state index in [0.717, 1.165) is 23.0 Å². The molecule has 2 aliphatic rings. The van der Waals surface area contributed by atoms with E-state index in [9.17, 15) is 0 Å². The molecule has 0 radical (unpaired) electrons. The van der Waals surface area contributed by atoms with E-state index in [0.29, 0.717) is 5.92 Å². The van der Waals surface area contributed by atoms with Crippen molar-refractivity contribution in [1.82, 2.24) is 5.32 Å². The van der Waals surface area contributed by atoms with Gasteiger partial charge in [-0.2, -0.15) is 0 Å². The predicted octanol–water partition coefficient (Wildman–Crippen LogP) is 5.14. The summed E-state index contributed by atoms with van der Waals surface area (Å²) in [5.41, 5.74) is 1.35. The van der Waals surface area contributed by atoms with Crippen molar-refractivity contribution < 1.29 is 0 Å². The molecule has 2 heteroatoms. The van der Waals surface area contributed by atoms with Crippen molar-refractivity contribution in [2.45, 2.75) is 69.9 Å². The van der Waals surface area contributed by atoms with E-state index in [1.54, 1.807) is 0 Å². The Labute approximate surface area is 128 Å². The van der Waals surface area contributed by atoms with E-state index in [1.807, 2.05) is 12.1 Å². The summed E-state index contributed by atoms with van der Waals surface area (Å²) in [6.45, 7) is 2.34. The van der Waals surface area contributed by atoms with E-state index in [2.05, 4.69) is 24.4 Å². The van der Waals surface area contributed by atoms with Crippen LogP contribution in [-0.2, 0) is 0 Å². The smallest absolute Gasteiger partial charge is 0.0440 e. The lowest BCUT2D eigenvalue weighted by Gasteiger charge is -2.41. The molecule has 0 bridgehead atoms. The zero-order valence-electron chi connectivity index (χ0n) is 12.4. The van der Waals surface area contributed by atoms with Gasteiger partial charge >= 0.3 is 0 Å². The molecule has 0 aromatic heterocycles. The highest BCUT2D eigenvalue weighted by Gasteiger charge is 2.33. The summed E-state index contributed by atoms with van der Waals surface area (Å²) >= 11 is 6.29. The molecule has 20 heavy (non-hydrogen) atoms. The average Bonchev–Trinajstić information content (AvgIpc) is 2.44. The minimum Gasteiger partial charge on any atom is -0.311 e. The highest BCUT2D eigenvalue weighted by molar-refractivity contribution is 6.31. The summed E-state index contributed by atoms with van der Waals surface area (Å²) in [4.78, 5) is 0. The number of benzene rings is 1. The Kier molecular flexibility index (Phi) is 4.68. The summed E-state index contributed by atoms with van der Waals surface area (Å²) in [5.74, 6) is 1.63. The van der Waals surface area contributed by atoms with Crippen LogP contribution in [0.3, 0.4) is 0 Å². The molecule has 2 unspecified atom stereocenters. The van der Waals surface area contributed by atoms with Crippen LogP contribution in [0.5, 0.6) is 0 Å². The number of rotatable bonds is 4. The van der Waals surface area contributed by atoms with Crippen LogP contribution in [0.1, 0.15) is 63.4 Å². The molecular weight excluding hydrogens is 266 g/mol. The van der Waals surface area contributed by atoms with Crippen molar-refractivity contribution in [2.24, 2.45) is 5.92 Å². The third-order valence-corrected chi connectivity index (χ3v) is 5.66. The van der Waals surface area contributed by atoms with Crippen LogP contribution in [0, 0.1) is 5.92 Å². The average molecular weight is 292 g/mol. The van der Waals surface area contributed by atoms with Gasteiger partial charge in [0, 0.05) is 17.1 Å². The molecule has 2 saturated carbocycles.